The number of aliphatic carboxylic acids is 1. The smallest absolute Gasteiger partial charge is 0.352 e. The van der Waals surface area contributed by atoms with Gasteiger partial charge in [0.1, 0.15) is 17.1 Å². The Kier molecular flexibility index (Phi) is 3.90. The Hall–Kier alpha value is -1.17. The summed E-state index contributed by atoms with van der Waals surface area (Å²) in [5.41, 5.74) is 6.39. The first-order valence-electron chi connectivity index (χ1n) is 5.88. The van der Waals surface area contributed by atoms with Crippen LogP contribution in [0.5, 0.6) is 0 Å². The molecule has 1 amide bonds. The minimum Gasteiger partial charge on any atom is -0.477 e. The van der Waals surface area contributed by atoms with Gasteiger partial charge in [-0.1, -0.05) is 11.8 Å². The first-order chi connectivity index (χ1) is 9.99. The van der Waals surface area contributed by atoms with Gasteiger partial charge in [0, 0.05) is 11.5 Å². The summed E-state index contributed by atoms with van der Waals surface area (Å²) in [5, 5.41) is 16.5. The Labute approximate surface area is 133 Å². The number of carboxylic acids is 1. The van der Waals surface area contributed by atoms with E-state index in [0.717, 1.165) is 0 Å². The van der Waals surface area contributed by atoms with Crippen molar-refractivity contribution >= 4 is 48.0 Å². The Balaban J connectivity index is 1.81. The molecule has 2 aliphatic rings. The number of nitrogens with one attached hydrogen (secondary N) is 1. The topological polar surface area (TPSA) is 125 Å². The zero-order valence-corrected chi connectivity index (χ0v) is 13.0. The minimum absolute atomic E-state index is 0.0413. The minimum atomic E-state index is -1.11. The molecule has 8 nitrogen and oxygen atoms in total. The van der Waals surface area contributed by atoms with Crippen molar-refractivity contribution in [1.82, 2.24) is 20.1 Å². The summed E-state index contributed by atoms with van der Waals surface area (Å²) in [5.74, 6) is -0.538. The van der Waals surface area contributed by atoms with Crippen LogP contribution in [0.25, 0.3) is 0 Å². The van der Waals surface area contributed by atoms with Crippen molar-refractivity contribution in [2.24, 2.45) is 5.73 Å². The average Bonchev–Trinajstić information content (AvgIpc) is 2.88. The molecule has 112 valence electrons. The number of hydrogen-bond acceptors (Lipinski definition) is 8. The van der Waals surface area contributed by atoms with Gasteiger partial charge >= 0.3 is 5.97 Å². The molecule has 0 saturated carbocycles. The number of amides is 1. The summed E-state index contributed by atoms with van der Waals surface area (Å²) in [6, 6.07) is -0.613. The van der Waals surface area contributed by atoms with Crippen molar-refractivity contribution in [3.8, 4) is 0 Å². The average molecular weight is 345 g/mol. The molecule has 1 fully saturated rings. The zero-order valence-electron chi connectivity index (χ0n) is 10.5. The number of H-pyrrole nitrogens is 1. The van der Waals surface area contributed by atoms with Gasteiger partial charge in [-0.3, -0.25) is 14.8 Å². The van der Waals surface area contributed by atoms with Crippen molar-refractivity contribution in [2.45, 2.75) is 21.7 Å². The lowest BCUT2D eigenvalue weighted by Gasteiger charge is -2.48. The van der Waals surface area contributed by atoms with Gasteiger partial charge < -0.3 is 10.8 Å². The standard InChI is InChI=1S/C10H11N5O3S3/c11-4-6(16)15-5(8(17)18)3(1-20-7(4)15)2-21-10-12-9(19)13-14-10/h4,7H,1-2,11H2,(H,17,18)(H2,12,13,14,19)/t4?,7-/m0/s1. The van der Waals surface area contributed by atoms with Crippen LogP contribution in [0.15, 0.2) is 21.6 Å². The van der Waals surface area contributed by atoms with E-state index in [-0.39, 0.29) is 17.0 Å². The predicted molar refractivity (Wildman–Crippen MR) is 80.1 cm³/mol. The van der Waals surface area contributed by atoms with Crippen LogP contribution in [0.1, 0.15) is 0 Å². The highest BCUT2D eigenvalue weighted by Gasteiger charge is 2.51. The number of aromatic amines is 1. The number of β-lactam (4-membered cyclic amide) rings is 1. The second-order valence-corrected chi connectivity index (χ2v) is 6.89. The lowest BCUT2D eigenvalue weighted by molar-refractivity contribution is -0.147. The molecule has 11 heteroatoms. The fourth-order valence-corrected chi connectivity index (χ4v) is 4.59. The summed E-state index contributed by atoms with van der Waals surface area (Å²) >= 11 is 6.78. The molecule has 1 aromatic rings. The number of thioether (sulfide) groups is 2. The zero-order chi connectivity index (χ0) is 15.1. The molecule has 21 heavy (non-hydrogen) atoms. The highest BCUT2D eigenvalue weighted by molar-refractivity contribution is 8.01. The molecule has 1 saturated heterocycles. The Morgan fingerprint density at radius 2 is 2.43 bits per heavy atom. The van der Waals surface area contributed by atoms with Crippen LogP contribution in [0.2, 0.25) is 0 Å². The molecule has 2 aliphatic heterocycles. The van der Waals surface area contributed by atoms with Crippen LogP contribution in [-0.2, 0) is 9.59 Å². The number of carbonyl (C=O) groups is 2. The molecule has 0 aromatic carbocycles. The summed E-state index contributed by atoms with van der Waals surface area (Å²) in [6.45, 7) is 0. The van der Waals surface area contributed by atoms with Gasteiger partial charge in [0.25, 0.3) is 0 Å². The van der Waals surface area contributed by atoms with Crippen LogP contribution in [-0.4, -0.2) is 60.0 Å². The molecular formula is C10H11N5O3S3. The lowest BCUT2D eigenvalue weighted by Crippen LogP contribution is -2.68. The van der Waals surface area contributed by atoms with E-state index in [4.69, 9.17) is 5.73 Å². The van der Waals surface area contributed by atoms with Crippen molar-refractivity contribution in [2.75, 3.05) is 11.5 Å². The van der Waals surface area contributed by atoms with Gasteiger partial charge in [0.2, 0.25) is 11.1 Å². The molecular weight excluding hydrogens is 334 g/mol. The van der Waals surface area contributed by atoms with Crippen LogP contribution < -0.4 is 5.73 Å². The highest BCUT2D eigenvalue weighted by atomic mass is 32.2. The lowest BCUT2D eigenvalue weighted by atomic mass is 10.0. The van der Waals surface area contributed by atoms with Crippen molar-refractivity contribution in [1.29, 1.82) is 0 Å². The number of thiol groups is 1. The molecule has 1 unspecified atom stereocenters. The molecule has 2 atom stereocenters. The molecule has 0 radical (unpaired) electrons. The predicted octanol–water partition coefficient (Wildman–Crippen LogP) is -0.233. The van der Waals surface area contributed by atoms with Crippen LogP contribution in [0, 0.1) is 0 Å². The van der Waals surface area contributed by atoms with E-state index in [1.807, 2.05) is 0 Å². The van der Waals surface area contributed by atoms with E-state index in [0.29, 0.717) is 27.4 Å². The third kappa shape index (κ3) is 2.54. The number of rotatable bonds is 4. The molecule has 4 N–H and O–H groups in total. The second kappa shape index (κ2) is 5.55. The molecule has 3 heterocycles. The maximum atomic E-state index is 11.8. The SMILES string of the molecule is NC1C(=O)N2C(C(=O)O)=C(CSc3n[nH]c(S)n3)CS[C@@H]12. The quantitative estimate of drug-likeness (QED) is 0.335. The number of aromatic nitrogens is 3. The number of nitrogens with two attached hydrogens (primary N) is 1. The van der Waals surface area contributed by atoms with Gasteiger partial charge in [-0.2, -0.15) is 4.98 Å². The van der Waals surface area contributed by atoms with E-state index in [1.54, 1.807) is 0 Å². The fraction of sp³-hybridized carbons (Fsp3) is 0.400. The number of carboxylic acid groups (broad SMARTS) is 1. The summed E-state index contributed by atoms with van der Waals surface area (Å²) in [6.07, 6.45) is 0. The third-order valence-corrected chi connectivity index (χ3v) is 5.61. The van der Waals surface area contributed by atoms with Gasteiger partial charge in [0.05, 0.1) is 0 Å². The van der Waals surface area contributed by atoms with E-state index in [2.05, 4.69) is 27.8 Å². The number of hydrogen-bond donors (Lipinski definition) is 4. The van der Waals surface area contributed by atoms with E-state index in [9.17, 15) is 14.7 Å². The maximum absolute atomic E-state index is 11.8. The Morgan fingerprint density at radius 1 is 1.67 bits per heavy atom. The van der Waals surface area contributed by atoms with Crippen molar-refractivity contribution < 1.29 is 14.7 Å². The summed E-state index contributed by atoms with van der Waals surface area (Å²) in [7, 11) is 0. The molecule has 3 rings (SSSR count). The van der Waals surface area contributed by atoms with Crippen LogP contribution in [0.4, 0.5) is 0 Å². The van der Waals surface area contributed by atoms with Gasteiger partial charge in [-0.15, -0.1) is 29.5 Å². The van der Waals surface area contributed by atoms with Gasteiger partial charge in [-0.05, 0) is 5.57 Å². The number of nitrogens with zero attached hydrogens (tertiary/aromatic N) is 3. The normalized spacial score (nSPS) is 24.9. The number of carbonyl (C=O) groups excluding carboxylic acids is 1. The Bertz CT molecular complexity index is 646. The van der Waals surface area contributed by atoms with Crippen LogP contribution >= 0.6 is 36.2 Å². The van der Waals surface area contributed by atoms with Gasteiger partial charge in [-0.25, -0.2) is 4.79 Å². The van der Waals surface area contributed by atoms with Gasteiger partial charge in [0.15, 0.2) is 5.16 Å². The maximum Gasteiger partial charge on any atom is 0.352 e. The molecule has 1 aromatic heterocycles. The first-order valence-corrected chi connectivity index (χ1v) is 8.37. The van der Waals surface area contributed by atoms with E-state index >= 15 is 0 Å². The van der Waals surface area contributed by atoms with Crippen molar-refractivity contribution in [3.63, 3.8) is 0 Å². The van der Waals surface area contributed by atoms with Crippen LogP contribution in [0.3, 0.4) is 0 Å². The van der Waals surface area contributed by atoms with E-state index in [1.165, 1.54) is 28.4 Å². The fourth-order valence-electron chi connectivity index (χ4n) is 2.15. The first kappa shape index (κ1) is 14.8. The van der Waals surface area contributed by atoms with E-state index < -0.39 is 12.0 Å². The second-order valence-electron chi connectivity index (χ2n) is 4.42. The summed E-state index contributed by atoms with van der Waals surface area (Å²) < 4.78 is 0. The number of fused-ring (bicyclic) bond motifs is 1. The monoisotopic (exact) mass is 345 g/mol. The molecule has 0 spiro atoms. The Morgan fingerprint density at radius 3 is 3.05 bits per heavy atom. The largest absolute Gasteiger partial charge is 0.477 e. The molecule has 0 aliphatic carbocycles. The molecule has 0 bridgehead atoms. The third-order valence-electron chi connectivity index (χ3n) is 3.12. The summed E-state index contributed by atoms with van der Waals surface area (Å²) in [4.78, 5) is 28.5. The van der Waals surface area contributed by atoms with Crippen molar-refractivity contribution in [3.05, 3.63) is 11.3 Å². The highest BCUT2D eigenvalue weighted by Crippen LogP contribution is 2.40.